The second-order valence-corrected chi connectivity index (χ2v) is 4.21. The molecule has 0 aromatic heterocycles. The van der Waals surface area contributed by atoms with Gasteiger partial charge >= 0.3 is 0 Å². The maximum absolute atomic E-state index is 12.2. The highest BCUT2D eigenvalue weighted by atomic mass is 16.3. The van der Waals surface area contributed by atoms with Gasteiger partial charge in [0.1, 0.15) is 0 Å². The summed E-state index contributed by atoms with van der Waals surface area (Å²) in [5, 5.41) is 9.56. The van der Waals surface area contributed by atoms with E-state index in [1.165, 1.54) is 0 Å². The molecule has 2 atom stereocenters. The maximum atomic E-state index is 12.2. The monoisotopic (exact) mass is 216 g/mol. The summed E-state index contributed by atoms with van der Waals surface area (Å²) < 4.78 is 0. The first kappa shape index (κ1) is 9.54. The molecule has 0 spiro atoms. The topological polar surface area (TPSA) is 52.9 Å². The Morgan fingerprint density at radius 1 is 1.38 bits per heavy atom. The van der Waals surface area contributed by atoms with Crippen molar-refractivity contribution < 1.29 is 9.90 Å². The Bertz CT molecular complexity index is 470. The molecular formula is C12H12N2O2. The van der Waals surface area contributed by atoms with Crippen LogP contribution in [0.3, 0.4) is 0 Å². The number of fused-ring (bicyclic) bond motifs is 2. The zero-order chi connectivity index (χ0) is 11.1. The fourth-order valence-corrected chi connectivity index (χ4v) is 2.31. The van der Waals surface area contributed by atoms with Gasteiger partial charge in [-0.15, -0.1) is 0 Å². The Hall–Kier alpha value is -1.68. The Labute approximate surface area is 93.2 Å². The van der Waals surface area contributed by atoms with Crippen LogP contribution in [0.15, 0.2) is 29.3 Å². The minimum atomic E-state index is -0.425. The highest BCUT2D eigenvalue weighted by Crippen LogP contribution is 2.28. The summed E-state index contributed by atoms with van der Waals surface area (Å²) in [6.45, 7) is 0.407. The summed E-state index contributed by atoms with van der Waals surface area (Å²) >= 11 is 0. The van der Waals surface area contributed by atoms with Gasteiger partial charge in [0.25, 0.3) is 5.91 Å². The zero-order valence-corrected chi connectivity index (χ0v) is 8.71. The number of para-hydroxylation sites is 1. The van der Waals surface area contributed by atoms with Gasteiger partial charge in [0.2, 0.25) is 0 Å². The van der Waals surface area contributed by atoms with Crippen molar-refractivity contribution in [2.75, 3.05) is 6.54 Å². The van der Waals surface area contributed by atoms with Crippen LogP contribution in [0.5, 0.6) is 0 Å². The Morgan fingerprint density at radius 2 is 2.19 bits per heavy atom. The molecule has 2 heterocycles. The largest absolute Gasteiger partial charge is 0.391 e. The fourth-order valence-electron chi connectivity index (χ4n) is 2.31. The lowest BCUT2D eigenvalue weighted by molar-refractivity contribution is 0.0750. The van der Waals surface area contributed by atoms with E-state index < -0.39 is 6.10 Å². The van der Waals surface area contributed by atoms with Gasteiger partial charge in [-0.05, 0) is 12.1 Å². The van der Waals surface area contributed by atoms with Gasteiger partial charge in [-0.25, -0.2) is 0 Å². The number of amides is 1. The first-order valence-electron chi connectivity index (χ1n) is 5.38. The molecule has 1 saturated heterocycles. The van der Waals surface area contributed by atoms with Gasteiger partial charge in [0, 0.05) is 19.2 Å². The van der Waals surface area contributed by atoms with Crippen molar-refractivity contribution in [2.24, 2.45) is 4.99 Å². The Kier molecular flexibility index (Phi) is 2.04. The van der Waals surface area contributed by atoms with Crippen molar-refractivity contribution in [1.82, 2.24) is 4.90 Å². The standard InChI is InChI=1S/C12H12N2O2/c15-9-5-8-6-13-11-4-2-1-3-10(11)12(16)14(8)7-9/h1-4,6,8-9,15H,5,7H2/t8-,9?/m0/s1. The lowest BCUT2D eigenvalue weighted by Crippen LogP contribution is -2.35. The van der Waals surface area contributed by atoms with Gasteiger partial charge in [0.15, 0.2) is 0 Å². The van der Waals surface area contributed by atoms with Crippen LogP contribution in [0.1, 0.15) is 16.8 Å². The maximum Gasteiger partial charge on any atom is 0.256 e. The van der Waals surface area contributed by atoms with Crippen molar-refractivity contribution in [3.8, 4) is 0 Å². The minimum Gasteiger partial charge on any atom is -0.391 e. The van der Waals surface area contributed by atoms with Crippen molar-refractivity contribution in [3.63, 3.8) is 0 Å². The molecule has 0 saturated carbocycles. The van der Waals surface area contributed by atoms with E-state index in [1.807, 2.05) is 18.2 Å². The molecule has 82 valence electrons. The zero-order valence-electron chi connectivity index (χ0n) is 8.71. The number of hydrogen-bond acceptors (Lipinski definition) is 3. The van der Waals surface area contributed by atoms with E-state index in [-0.39, 0.29) is 11.9 Å². The summed E-state index contributed by atoms with van der Waals surface area (Å²) in [4.78, 5) is 18.2. The molecule has 1 aromatic rings. The van der Waals surface area contributed by atoms with Crippen molar-refractivity contribution in [1.29, 1.82) is 0 Å². The van der Waals surface area contributed by atoms with Crippen LogP contribution < -0.4 is 0 Å². The third-order valence-corrected chi connectivity index (χ3v) is 3.10. The average Bonchev–Trinajstić information content (AvgIpc) is 2.62. The average molecular weight is 216 g/mol. The molecule has 3 rings (SSSR count). The predicted octanol–water partition coefficient (Wildman–Crippen LogP) is 0.978. The molecule has 0 bridgehead atoms. The summed E-state index contributed by atoms with van der Waals surface area (Å²) in [7, 11) is 0. The number of carbonyl (C=O) groups is 1. The van der Waals surface area contributed by atoms with Gasteiger partial charge in [-0.1, -0.05) is 12.1 Å². The van der Waals surface area contributed by atoms with E-state index in [0.717, 1.165) is 5.69 Å². The molecule has 1 N–H and O–H groups in total. The first-order chi connectivity index (χ1) is 7.75. The molecule has 4 nitrogen and oxygen atoms in total. The van der Waals surface area contributed by atoms with E-state index in [9.17, 15) is 9.90 Å². The molecule has 16 heavy (non-hydrogen) atoms. The lowest BCUT2D eigenvalue weighted by Gasteiger charge is -2.19. The highest BCUT2D eigenvalue weighted by molar-refractivity contribution is 6.02. The minimum absolute atomic E-state index is 0.0327. The van der Waals surface area contributed by atoms with Crippen molar-refractivity contribution in [3.05, 3.63) is 29.8 Å². The third kappa shape index (κ3) is 1.34. The van der Waals surface area contributed by atoms with Gasteiger partial charge in [-0.2, -0.15) is 0 Å². The molecule has 2 aliphatic heterocycles. The van der Waals surface area contributed by atoms with E-state index >= 15 is 0 Å². The first-order valence-corrected chi connectivity index (χ1v) is 5.38. The summed E-state index contributed by atoms with van der Waals surface area (Å²) in [5.41, 5.74) is 1.34. The van der Waals surface area contributed by atoms with E-state index in [4.69, 9.17) is 0 Å². The summed E-state index contributed by atoms with van der Waals surface area (Å²) in [6, 6.07) is 7.26. The van der Waals surface area contributed by atoms with Crippen LogP contribution in [0.25, 0.3) is 0 Å². The smallest absolute Gasteiger partial charge is 0.256 e. The number of hydrogen-bond donors (Lipinski definition) is 1. The highest BCUT2D eigenvalue weighted by Gasteiger charge is 2.35. The number of benzene rings is 1. The van der Waals surface area contributed by atoms with Crippen LogP contribution in [0.2, 0.25) is 0 Å². The fraction of sp³-hybridized carbons (Fsp3) is 0.333. The van der Waals surface area contributed by atoms with E-state index in [2.05, 4.69) is 4.99 Å². The Morgan fingerprint density at radius 3 is 3.06 bits per heavy atom. The number of aliphatic imine (C=N–C) groups is 1. The van der Waals surface area contributed by atoms with Crippen LogP contribution in [0.4, 0.5) is 5.69 Å². The normalized spacial score (nSPS) is 27.6. The van der Waals surface area contributed by atoms with Gasteiger partial charge in [-0.3, -0.25) is 9.79 Å². The van der Waals surface area contributed by atoms with Gasteiger partial charge < -0.3 is 10.0 Å². The number of carbonyl (C=O) groups excluding carboxylic acids is 1. The predicted molar refractivity (Wildman–Crippen MR) is 60.0 cm³/mol. The molecule has 1 aromatic carbocycles. The van der Waals surface area contributed by atoms with E-state index in [0.29, 0.717) is 18.5 Å². The number of nitrogens with zero attached hydrogens (tertiary/aromatic N) is 2. The third-order valence-electron chi connectivity index (χ3n) is 3.10. The number of rotatable bonds is 0. The molecule has 1 fully saturated rings. The summed E-state index contributed by atoms with van der Waals surface area (Å²) in [5.74, 6) is -0.0327. The quantitative estimate of drug-likeness (QED) is 0.702. The van der Waals surface area contributed by atoms with Crippen molar-refractivity contribution in [2.45, 2.75) is 18.6 Å². The molecule has 0 radical (unpaired) electrons. The lowest BCUT2D eigenvalue weighted by atomic mass is 10.1. The SMILES string of the molecule is O=C1c2ccccc2N=C[C@@H]2CC(O)CN12. The van der Waals surface area contributed by atoms with E-state index in [1.54, 1.807) is 17.2 Å². The summed E-state index contributed by atoms with van der Waals surface area (Å²) in [6.07, 6.45) is 1.93. The number of aliphatic hydroxyl groups is 1. The van der Waals surface area contributed by atoms with Crippen molar-refractivity contribution >= 4 is 17.8 Å². The van der Waals surface area contributed by atoms with Crippen LogP contribution >= 0.6 is 0 Å². The van der Waals surface area contributed by atoms with Crippen LogP contribution in [-0.2, 0) is 0 Å². The number of aliphatic hydroxyl groups excluding tert-OH is 1. The molecule has 1 amide bonds. The molecular weight excluding hydrogens is 204 g/mol. The molecule has 4 heteroatoms. The molecule has 1 unspecified atom stereocenters. The second kappa shape index (κ2) is 3.42. The molecule has 2 aliphatic rings. The van der Waals surface area contributed by atoms with Crippen LogP contribution in [0, 0.1) is 0 Å². The van der Waals surface area contributed by atoms with Crippen LogP contribution in [-0.4, -0.2) is 40.8 Å². The second-order valence-electron chi connectivity index (χ2n) is 4.21. The van der Waals surface area contributed by atoms with Gasteiger partial charge in [0.05, 0.1) is 23.4 Å². The molecule has 0 aliphatic carbocycles. The Balaban J connectivity index is 2.07.